The third kappa shape index (κ3) is 8.58. The van der Waals surface area contributed by atoms with E-state index in [2.05, 4.69) is 50.8 Å². The Bertz CT molecular complexity index is 1160. The van der Waals surface area contributed by atoms with E-state index in [0.717, 1.165) is 80.9 Å². The van der Waals surface area contributed by atoms with E-state index in [0.29, 0.717) is 16.1 Å². The molecule has 5 rings (SSSR count). The van der Waals surface area contributed by atoms with Gasteiger partial charge in [-0.05, 0) is 100 Å². The number of aromatic nitrogens is 1. The van der Waals surface area contributed by atoms with Gasteiger partial charge < -0.3 is 15.0 Å². The van der Waals surface area contributed by atoms with Gasteiger partial charge in [-0.25, -0.2) is 4.98 Å². The fourth-order valence-electron chi connectivity index (χ4n) is 5.44. The summed E-state index contributed by atoms with van der Waals surface area (Å²) in [7, 11) is 0. The molecule has 1 N–H and O–H groups in total. The third-order valence-electron chi connectivity index (χ3n) is 7.77. The number of nitrogens with one attached hydrogen (secondary N) is 1. The Morgan fingerprint density at radius 2 is 1.67 bits per heavy atom. The normalized spacial score (nSPS) is 17.3. The Balaban J connectivity index is 0.949. The molecule has 0 saturated carbocycles. The Labute approximate surface area is 247 Å². The highest BCUT2D eigenvalue weighted by atomic mass is 35.5. The molecule has 0 radical (unpaired) electrons. The van der Waals surface area contributed by atoms with Crippen LogP contribution in [0, 0.1) is 0 Å². The standard InChI is InChI=1S/C31H40Cl2N4OS/c32-28-12-7-24(21-29(28)33)22-36-18-13-26(14-19-36)34-15-3-6-20-38-27-10-8-25(9-11-27)30-23-39-31(35-30)37-16-4-1-2-5-17-37/h7-12,21,23,26,34H,1-6,13-20,22H2. The van der Waals surface area contributed by atoms with Crippen LogP contribution in [0.15, 0.2) is 47.8 Å². The monoisotopic (exact) mass is 586 g/mol. The minimum atomic E-state index is 0.606. The number of piperidine rings is 1. The largest absolute Gasteiger partial charge is 0.494 e. The van der Waals surface area contributed by atoms with Gasteiger partial charge in [0.05, 0.1) is 22.3 Å². The molecule has 3 aromatic rings. The SMILES string of the molecule is Clc1ccc(CN2CCC(NCCCCOc3ccc(-c4csc(N5CCCCCC5)n4)cc3)CC2)cc1Cl. The van der Waals surface area contributed by atoms with Crippen molar-refractivity contribution < 1.29 is 4.74 Å². The summed E-state index contributed by atoms with van der Waals surface area (Å²) in [5, 5.41) is 8.35. The van der Waals surface area contributed by atoms with Crippen molar-refractivity contribution in [2.45, 2.75) is 64.0 Å². The number of likely N-dealkylation sites (tertiary alicyclic amines) is 1. The summed E-state index contributed by atoms with van der Waals surface area (Å²) in [6.07, 6.45) is 9.78. The highest BCUT2D eigenvalue weighted by Crippen LogP contribution is 2.30. The number of anilines is 1. The molecule has 210 valence electrons. The maximum absolute atomic E-state index is 6.17. The molecule has 1 aromatic heterocycles. The summed E-state index contributed by atoms with van der Waals surface area (Å²) >= 11 is 14.0. The number of ether oxygens (including phenoxy) is 1. The highest BCUT2D eigenvalue weighted by molar-refractivity contribution is 7.14. The smallest absolute Gasteiger partial charge is 0.185 e. The zero-order valence-electron chi connectivity index (χ0n) is 22.7. The Kier molecular flexibility index (Phi) is 10.8. The average Bonchev–Trinajstić information content (AvgIpc) is 3.29. The molecule has 2 aromatic carbocycles. The fraction of sp³-hybridized carbons (Fsp3) is 0.516. The summed E-state index contributed by atoms with van der Waals surface area (Å²) < 4.78 is 6.01. The molecule has 3 heterocycles. The van der Waals surface area contributed by atoms with E-state index >= 15 is 0 Å². The zero-order valence-corrected chi connectivity index (χ0v) is 25.0. The van der Waals surface area contributed by atoms with E-state index < -0.39 is 0 Å². The Hall–Kier alpha value is -1.83. The van der Waals surface area contributed by atoms with Crippen LogP contribution >= 0.6 is 34.5 Å². The van der Waals surface area contributed by atoms with Gasteiger partial charge in [0.2, 0.25) is 0 Å². The van der Waals surface area contributed by atoms with Crippen molar-refractivity contribution in [3.8, 4) is 17.0 Å². The maximum atomic E-state index is 6.17. The van der Waals surface area contributed by atoms with Crippen molar-refractivity contribution in [2.24, 2.45) is 0 Å². The first-order chi connectivity index (χ1) is 19.1. The van der Waals surface area contributed by atoms with Crippen LogP contribution in [0.1, 0.15) is 56.9 Å². The second-order valence-electron chi connectivity index (χ2n) is 10.7. The lowest BCUT2D eigenvalue weighted by Crippen LogP contribution is -2.42. The highest BCUT2D eigenvalue weighted by Gasteiger charge is 2.19. The molecule has 0 unspecified atom stereocenters. The van der Waals surface area contributed by atoms with Gasteiger partial charge in [0, 0.05) is 36.6 Å². The van der Waals surface area contributed by atoms with Crippen LogP contribution in [-0.4, -0.2) is 55.3 Å². The van der Waals surface area contributed by atoms with Crippen molar-refractivity contribution in [3.05, 3.63) is 63.5 Å². The van der Waals surface area contributed by atoms with Gasteiger partial charge in [-0.2, -0.15) is 0 Å². The van der Waals surface area contributed by atoms with Crippen LogP contribution in [0.3, 0.4) is 0 Å². The lowest BCUT2D eigenvalue weighted by atomic mass is 10.0. The molecular weight excluding hydrogens is 547 g/mol. The van der Waals surface area contributed by atoms with Crippen LogP contribution in [0.2, 0.25) is 10.0 Å². The molecule has 2 aliphatic rings. The van der Waals surface area contributed by atoms with Gasteiger partial charge in [-0.3, -0.25) is 4.90 Å². The molecule has 0 aliphatic carbocycles. The summed E-state index contributed by atoms with van der Waals surface area (Å²) in [4.78, 5) is 9.88. The minimum Gasteiger partial charge on any atom is -0.494 e. The van der Waals surface area contributed by atoms with Crippen molar-refractivity contribution in [1.82, 2.24) is 15.2 Å². The molecule has 5 nitrogen and oxygen atoms in total. The summed E-state index contributed by atoms with van der Waals surface area (Å²) in [5.74, 6) is 0.934. The van der Waals surface area contributed by atoms with E-state index in [9.17, 15) is 0 Å². The zero-order chi connectivity index (χ0) is 26.9. The summed E-state index contributed by atoms with van der Waals surface area (Å²) in [5.41, 5.74) is 3.45. The van der Waals surface area contributed by atoms with E-state index in [4.69, 9.17) is 32.9 Å². The minimum absolute atomic E-state index is 0.606. The van der Waals surface area contributed by atoms with E-state index in [1.807, 2.05) is 12.1 Å². The summed E-state index contributed by atoms with van der Waals surface area (Å²) in [6, 6.07) is 15.0. The average molecular weight is 588 g/mol. The van der Waals surface area contributed by atoms with Crippen LogP contribution in [0.25, 0.3) is 11.3 Å². The predicted molar refractivity (Wildman–Crippen MR) is 166 cm³/mol. The number of nitrogens with zero attached hydrogens (tertiary/aromatic N) is 3. The maximum Gasteiger partial charge on any atom is 0.185 e. The van der Waals surface area contributed by atoms with Crippen LogP contribution in [0.5, 0.6) is 5.75 Å². The number of hydrogen-bond donors (Lipinski definition) is 1. The second-order valence-corrected chi connectivity index (χ2v) is 12.4. The van der Waals surface area contributed by atoms with Crippen molar-refractivity contribution in [1.29, 1.82) is 0 Å². The first-order valence-corrected chi connectivity index (χ1v) is 16.1. The molecule has 0 bridgehead atoms. The van der Waals surface area contributed by atoms with Gasteiger partial charge in [-0.15, -0.1) is 11.3 Å². The Morgan fingerprint density at radius 3 is 2.41 bits per heavy atom. The first-order valence-electron chi connectivity index (χ1n) is 14.5. The van der Waals surface area contributed by atoms with Crippen molar-refractivity contribution in [3.63, 3.8) is 0 Å². The van der Waals surface area contributed by atoms with Gasteiger partial charge >= 0.3 is 0 Å². The number of hydrogen-bond acceptors (Lipinski definition) is 6. The molecule has 2 saturated heterocycles. The summed E-state index contributed by atoms with van der Waals surface area (Å²) in [6.45, 7) is 7.22. The number of rotatable bonds is 11. The molecule has 39 heavy (non-hydrogen) atoms. The van der Waals surface area contributed by atoms with Gasteiger partial charge in [0.1, 0.15) is 5.75 Å². The molecule has 8 heteroatoms. The molecule has 2 fully saturated rings. The molecule has 2 aliphatic heterocycles. The molecular formula is C31H40Cl2N4OS. The van der Waals surface area contributed by atoms with Crippen LogP contribution < -0.4 is 15.0 Å². The van der Waals surface area contributed by atoms with E-state index in [1.165, 1.54) is 44.1 Å². The topological polar surface area (TPSA) is 40.6 Å². The Morgan fingerprint density at radius 1 is 0.897 bits per heavy atom. The van der Waals surface area contributed by atoms with Gasteiger partial charge in [0.15, 0.2) is 5.13 Å². The van der Waals surface area contributed by atoms with E-state index in [-0.39, 0.29) is 0 Å². The first kappa shape index (κ1) is 28.7. The van der Waals surface area contributed by atoms with Gasteiger partial charge in [0.25, 0.3) is 0 Å². The van der Waals surface area contributed by atoms with Crippen molar-refractivity contribution >= 4 is 39.7 Å². The fourth-order valence-corrected chi connectivity index (χ4v) is 6.65. The molecule has 0 amide bonds. The lowest BCUT2D eigenvalue weighted by Gasteiger charge is -2.32. The van der Waals surface area contributed by atoms with E-state index in [1.54, 1.807) is 11.3 Å². The number of benzene rings is 2. The third-order valence-corrected chi connectivity index (χ3v) is 9.41. The van der Waals surface area contributed by atoms with Crippen LogP contribution in [0.4, 0.5) is 5.13 Å². The lowest BCUT2D eigenvalue weighted by molar-refractivity contribution is 0.190. The predicted octanol–water partition coefficient (Wildman–Crippen LogP) is 7.91. The molecule has 0 atom stereocenters. The second kappa shape index (κ2) is 14.7. The van der Waals surface area contributed by atoms with Crippen molar-refractivity contribution in [2.75, 3.05) is 44.2 Å². The quantitative estimate of drug-likeness (QED) is 0.231. The number of halogens is 2. The van der Waals surface area contributed by atoms with Gasteiger partial charge in [-0.1, -0.05) is 42.1 Å². The number of thiazole rings is 1. The van der Waals surface area contributed by atoms with Crippen LogP contribution in [-0.2, 0) is 6.54 Å². The number of unbranched alkanes of at least 4 members (excludes halogenated alkanes) is 1. The molecule has 0 spiro atoms.